The normalized spacial score (nSPS) is 10.7. The molecule has 2 aromatic rings. The van der Waals surface area contributed by atoms with Gasteiger partial charge in [0.05, 0.1) is 5.02 Å². The zero-order valence-electron chi connectivity index (χ0n) is 12.1. The van der Waals surface area contributed by atoms with Gasteiger partial charge in [-0.2, -0.15) is 0 Å². The van der Waals surface area contributed by atoms with Crippen molar-refractivity contribution in [3.05, 3.63) is 52.4 Å². The smallest absolute Gasteiger partial charge is 0.219 e. The predicted molar refractivity (Wildman–Crippen MR) is 82.5 cm³/mol. The summed E-state index contributed by atoms with van der Waals surface area (Å²) in [5.74, 6) is 0.476. The fourth-order valence-corrected chi connectivity index (χ4v) is 2.10. The van der Waals surface area contributed by atoms with Crippen molar-refractivity contribution in [1.29, 1.82) is 0 Å². The van der Waals surface area contributed by atoms with Gasteiger partial charge in [0.25, 0.3) is 0 Å². The molecule has 1 aromatic heterocycles. The van der Waals surface area contributed by atoms with Crippen molar-refractivity contribution in [2.75, 3.05) is 6.54 Å². The van der Waals surface area contributed by atoms with E-state index in [0.29, 0.717) is 11.6 Å². The molecular formula is C16H18ClFN2O. The molecule has 112 valence electrons. The van der Waals surface area contributed by atoms with Crippen LogP contribution in [0.1, 0.15) is 24.6 Å². The second-order valence-corrected chi connectivity index (χ2v) is 5.22. The van der Waals surface area contributed by atoms with Gasteiger partial charge in [-0.1, -0.05) is 18.5 Å². The lowest BCUT2D eigenvalue weighted by atomic mass is 10.2. The van der Waals surface area contributed by atoms with Crippen molar-refractivity contribution in [3.8, 4) is 11.6 Å². The van der Waals surface area contributed by atoms with E-state index in [1.54, 1.807) is 0 Å². The molecule has 1 aromatic carbocycles. The molecule has 2 rings (SSSR count). The van der Waals surface area contributed by atoms with E-state index >= 15 is 0 Å². The molecule has 3 nitrogen and oxygen atoms in total. The molecular weight excluding hydrogens is 291 g/mol. The van der Waals surface area contributed by atoms with Crippen molar-refractivity contribution >= 4 is 11.6 Å². The molecule has 0 aliphatic carbocycles. The van der Waals surface area contributed by atoms with E-state index in [2.05, 4.69) is 17.2 Å². The SMILES string of the molecule is CCCNCc1cc(C)nc(Oc2ccc(F)c(Cl)c2)c1. The van der Waals surface area contributed by atoms with Gasteiger partial charge in [-0.25, -0.2) is 9.37 Å². The van der Waals surface area contributed by atoms with E-state index < -0.39 is 5.82 Å². The van der Waals surface area contributed by atoms with Gasteiger partial charge < -0.3 is 10.1 Å². The van der Waals surface area contributed by atoms with Crippen molar-refractivity contribution in [1.82, 2.24) is 10.3 Å². The summed E-state index contributed by atoms with van der Waals surface area (Å²) in [4.78, 5) is 4.32. The van der Waals surface area contributed by atoms with Crippen LogP contribution in [0.2, 0.25) is 5.02 Å². The third-order valence-corrected chi connectivity index (χ3v) is 3.15. The van der Waals surface area contributed by atoms with E-state index in [0.717, 1.165) is 30.8 Å². The topological polar surface area (TPSA) is 34.2 Å². The Hall–Kier alpha value is -1.65. The molecule has 0 radical (unpaired) electrons. The van der Waals surface area contributed by atoms with Gasteiger partial charge in [0, 0.05) is 24.4 Å². The van der Waals surface area contributed by atoms with Crippen LogP contribution in [-0.2, 0) is 6.54 Å². The van der Waals surface area contributed by atoms with Gasteiger partial charge >= 0.3 is 0 Å². The molecule has 0 atom stereocenters. The van der Waals surface area contributed by atoms with Crippen molar-refractivity contribution in [3.63, 3.8) is 0 Å². The Bertz CT molecular complexity index is 619. The summed E-state index contributed by atoms with van der Waals surface area (Å²) in [6.45, 7) is 5.76. The molecule has 0 saturated carbocycles. The maximum absolute atomic E-state index is 13.1. The second kappa shape index (κ2) is 7.38. The van der Waals surface area contributed by atoms with Crippen LogP contribution in [0, 0.1) is 12.7 Å². The quantitative estimate of drug-likeness (QED) is 0.799. The highest BCUT2D eigenvalue weighted by atomic mass is 35.5. The summed E-state index contributed by atoms with van der Waals surface area (Å²) in [5, 5.41) is 3.36. The van der Waals surface area contributed by atoms with Crippen LogP contribution in [-0.4, -0.2) is 11.5 Å². The highest BCUT2D eigenvalue weighted by Crippen LogP contribution is 2.25. The minimum Gasteiger partial charge on any atom is -0.439 e. The Kier molecular flexibility index (Phi) is 5.53. The number of pyridine rings is 1. The predicted octanol–water partition coefficient (Wildman–Crippen LogP) is 4.47. The van der Waals surface area contributed by atoms with E-state index in [-0.39, 0.29) is 5.02 Å². The molecule has 0 saturated heterocycles. The largest absolute Gasteiger partial charge is 0.439 e. The third-order valence-electron chi connectivity index (χ3n) is 2.86. The first-order chi connectivity index (χ1) is 10.1. The Morgan fingerprint density at radius 3 is 2.81 bits per heavy atom. The molecule has 21 heavy (non-hydrogen) atoms. The summed E-state index contributed by atoms with van der Waals surface area (Å²) in [5.41, 5.74) is 1.97. The Labute approximate surface area is 129 Å². The van der Waals surface area contributed by atoms with Crippen LogP contribution >= 0.6 is 11.6 Å². The van der Waals surface area contributed by atoms with E-state index in [1.807, 2.05) is 19.1 Å². The number of hydrogen-bond acceptors (Lipinski definition) is 3. The molecule has 1 N–H and O–H groups in total. The minimum absolute atomic E-state index is 0.0324. The molecule has 0 bridgehead atoms. The number of nitrogens with zero attached hydrogens (tertiary/aromatic N) is 1. The van der Waals surface area contributed by atoms with Gasteiger partial charge in [0.2, 0.25) is 5.88 Å². The lowest BCUT2D eigenvalue weighted by Gasteiger charge is -2.09. The summed E-state index contributed by atoms with van der Waals surface area (Å²) in [6, 6.07) is 8.12. The van der Waals surface area contributed by atoms with Crippen LogP contribution in [0.4, 0.5) is 4.39 Å². The Balaban J connectivity index is 2.13. The highest BCUT2D eigenvalue weighted by molar-refractivity contribution is 6.30. The summed E-state index contributed by atoms with van der Waals surface area (Å²) in [7, 11) is 0. The molecule has 1 heterocycles. The molecule has 0 unspecified atom stereocenters. The lowest BCUT2D eigenvalue weighted by Crippen LogP contribution is -2.14. The fraction of sp³-hybridized carbons (Fsp3) is 0.312. The zero-order valence-corrected chi connectivity index (χ0v) is 12.9. The summed E-state index contributed by atoms with van der Waals surface area (Å²) >= 11 is 5.74. The standard InChI is InChI=1S/C16H18ClFN2O/c1-3-6-19-10-12-7-11(2)20-16(8-12)21-13-4-5-15(18)14(17)9-13/h4-5,7-9,19H,3,6,10H2,1-2H3. The number of aryl methyl sites for hydroxylation is 1. The second-order valence-electron chi connectivity index (χ2n) is 4.81. The maximum atomic E-state index is 13.1. The molecule has 0 fully saturated rings. The number of benzene rings is 1. The summed E-state index contributed by atoms with van der Waals surface area (Å²) in [6.07, 6.45) is 1.08. The number of ether oxygens (including phenoxy) is 1. The van der Waals surface area contributed by atoms with Gasteiger partial charge in [-0.05, 0) is 43.7 Å². The lowest BCUT2D eigenvalue weighted by molar-refractivity contribution is 0.458. The Morgan fingerprint density at radius 2 is 2.10 bits per heavy atom. The summed E-state index contributed by atoms with van der Waals surface area (Å²) < 4.78 is 18.8. The molecule has 0 amide bonds. The van der Waals surface area contributed by atoms with Gasteiger partial charge in [0.1, 0.15) is 11.6 Å². The van der Waals surface area contributed by atoms with Crippen LogP contribution < -0.4 is 10.1 Å². The molecule has 0 aliphatic rings. The van der Waals surface area contributed by atoms with E-state index in [4.69, 9.17) is 16.3 Å². The number of rotatable bonds is 6. The van der Waals surface area contributed by atoms with Crippen molar-refractivity contribution in [2.45, 2.75) is 26.8 Å². The third kappa shape index (κ3) is 4.69. The van der Waals surface area contributed by atoms with Crippen molar-refractivity contribution in [2.24, 2.45) is 0 Å². The average Bonchev–Trinajstić information content (AvgIpc) is 2.43. The molecule has 5 heteroatoms. The minimum atomic E-state index is -0.467. The van der Waals surface area contributed by atoms with Gasteiger partial charge in [0.15, 0.2) is 0 Å². The molecule has 0 spiro atoms. The van der Waals surface area contributed by atoms with Crippen LogP contribution in [0.15, 0.2) is 30.3 Å². The van der Waals surface area contributed by atoms with E-state index in [9.17, 15) is 4.39 Å². The number of nitrogens with one attached hydrogen (secondary N) is 1. The van der Waals surface area contributed by atoms with Gasteiger partial charge in [-0.3, -0.25) is 0 Å². The van der Waals surface area contributed by atoms with Crippen LogP contribution in [0.25, 0.3) is 0 Å². The van der Waals surface area contributed by atoms with Gasteiger partial charge in [-0.15, -0.1) is 0 Å². The van der Waals surface area contributed by atoms with Crippen LogP contribution in [0.5, 0.6) is 11.6 Å². The number of halogens is 2. The van der Waals surface area contributed by atoms with E-state index in [1.165, 1.54) is 18.2 Å². The fourth-order valence-electron chi connectivity index (χ4n) is 1.93. The first kappa shape index (κ1) is 15.7. The molecule has 0 aliphatic heterocycles. The maximum Gasteiger partial charge on any atom is 0.219 e. The Morgan fingerprint density at radius 1 is 1.29 bits per heavy atom. The average molecular weight is 309 g/mol. The van der Waals surface area contributed by atoms with Crippen LogP contribution in [0.3, 0.4) is 0 Å². The first-order valence-corrected chi connectivity index (χ1v) is 7.27. The highest BCUT2D eigenvalue weighted by Gasteiger charge is 2.06. The number of aromatic nitrogens is 1. The monoisotopic (exact) mass is 308 g/mol. The number of hydrogen-bond donors (Lipinski definition) is 1. The first-order valence-electron chi connectivity index (χ1n) is 6.89. The zero-order chi connectivity index (χ0) is 15.2. The van der Waals surface area contributed by atoms with Crippen molar-refractivity contribution < 1.29 is 9.13 Å².